The van der Waals surface area contributed by atoms with Crippen LogP contribution in [0.25, 0.3) is 5.69 Å². The molecule has 2 aromatic carbocycles. The summed E-state index contributed by atoms with van der Waals surface area (Å²) in [5, 5.41) is 8.50. The molecule has 7 nitrogen and oxygen atoms in total. The quantitative estimate of drug-likeness (QED) is 0.482. The lowest BCUT2D eigenvalue weighted by atomic mass is 10.0. The maximum absolute atomic E-state index is 13.2. The number of nitrogens with zero attached hydrogens (tertiary/aromatic N) is 4. The summed E-state index contributed by atoms with van der Waals surface area (Å²) in [6.45, 7) is 7.42. The number of rotatable bonds is 7. The topological polar surface area (TPSA) is 79.4 Å². The van der Waals surface area contributed by atoms with E-state index >= 15 is 0 Å². The van der Waals surface area contributed by atoms with Gasteiger partial charge in [-0.1, -0.05) is 17.7 Å². The van der Waals surface area contributed by atoms with Crippen LogP contribution in [0.15, 0.2) is 48.7 Å². The van der Waals surface area contributed by atoms with Crippen molar-refractivity contribution in [3.8, 4) is 5.69 Å². The summed E-state index contributed by atoms with van der Waals surface area (Å²) in [6.07, 6.45) is 2.56. The molecule has 1 aromatic heterocycles. The molecule has 5 rings (SSSR count). The first-order chi connectivity index (χ1) is 16.9. The van der Waals surface area contributed by atoms with Gasteiger partial charge in [-0.25, -0.2) is 9.07 Å². The molecule has 0 bridgehead atoms. The number of nitrogen functional groups attached to an aromatic ring is 1. The van der Waals surface area contributed by atoms with Gasteiger partial charge in [0, 0.05) is 43.4 Å². The number of carbonyl (C=O) groups is 1. The van der Waals surface area contributed by atoms with Crippen LogP contribution in [-0.2, 0) is 0 Å². The van der Waals surface area contributed by atoms with Gasteiger partial charge >= 0.3 is 0 Å². The Balaban J connectivity index is 1.10. The van der Waals surface area contributed by atoms with E-state index in [1.165, 1.54) is 23.0 Å². The summed E-state index contributed by atoms with van der Waals surface area (Å²) in [4.78, 5) is 17.6. The molecule has 1 amide bonds. The molecule has 0 aliphatic carbocycles. The second-order valence-corrected chi connectivity index (χ2v) is 9.97. The number of anilines is 2. The van der Waals surface area contributed by atoms with E-state index in [1.54, 1.807) is 12.1 Å². The van der Waals surface area contributed by atoms with Crippen molar-refractivity contribution in [3.63, 3.8) is 0 Å². The van der Waals surface area contributed by atoms with Gasteiger partial charge in [0.25, 0.3) is 5.91 Å². The highest BCUT2D eigenvalue weighted by Crippen LogP contribution is 2.32. The first kappa shape index (κ1) is 23.6. The Kier molecular flexibility index (Phi) is 6.67. The molecule has 2 aliphatic heterocycles. The number of fused-ring (bicyclic) bond motifs is 1. The normalized spacial score (nSPS) is 19.8. The van der Waals surface area contributed by atoms with Gasteiger partial charge in [0.1, 0.15) is 17.2 Å². The maximum atomic E-state index is 13.2. The Morgan fingerprint density at radius 1 is 1.14 bits per heavy atom. The zero-order valence-corrected chi connectivity index (χ0v) is 20.5. The lowest BCUT2D eigenvalue weighted by Crippen LogP contribution is -2.34. The van der Waals surface area contributed by atoms with Crippen molar-refractivity contribution < 1.29 is 9.18 Å². The molecule has 3 aromatic rings. The smallest absolute Gasteiger partial charge is 0.259 e. The standard InChI is InChI=1S/C26H30ClFN6O/c1-17-3-6-21(11-24(17)27)30-9-2-10-32-13-18-15-33(16-19(18)14-32)26(35)23-12-31-34(25(23)29)22-7-4-20(28)5-8-22/h3-8,11-12,18-19,30H,2,9-10,13-16,29H2,1H3. The van der Waals surface area contributed by atoms with Crippen LogP contribution in [-0.4, -0.2) is 64.8 Å². The number of hydrogen-bond donors (Lipinski definition) is 2. The number of carbonyl (C=O) groups excluding carboxylic acids is 1. The summed E-state index contributed by atoms with van der Waals surface area (Å²) in [6, 6.07) is 11.9. The van der Waals surface area contributed by atoms with Crippen LogP contribution < -0.4 is 11.1 Å². The Bertz CT molecular complexity index is 1200. The maximum Gasteiger partial charge on any atom is 0.259 e. The van der Waals surface area contributed by atoms with Crippen molar-refractivity contribution in [1.29, 1.82) is 0 Å². The minimum atomic E-state index is -0.333. The van der Waals surface area contributed by atoms with Gasteiger partial charge < -0.3 is 20.9 Å². The summed E-state index contributed by atoms with van der Waals surface area (Å²) in [7, 11) is 0. The molecule has 2 fully saturated rings. The first-order valence-electron chi connectivity index (χ1n) is 12.0. The van der Waals surface area contributed by atoms with Gasteiger partial charge in [-0.15, -0.1) is 0 Å². The van der Waals surface area contributed by atoms with Gasteiger partial charge in [0.15, 0.2) is 0 Å². The summed E-state index contributed by atoms with van der Waals surface area (Å²) in [5.41, 5.74) is 9.39. The van der Waals surface area contributed by atoms with Crippen molar-refractivity contribution >= 4 is 29.0 Å². The molecule has 184 valence electrons. The van der Waals surface area contributed by atoms with Crippen LogP contribution in [0.1, 0.15) is 22.3 Å². The number of nitrogens with one attached hydrogen (secondary N) is 1. The lowest BCUT2D eigenvalue weighted by Gasteiger charge is -2.21. The highest BCUT2D eigenvalue weighted by atomic mass is 35.5. The number of benzene rings is 2. The zero-order valence-electron chi connectivity index (χ0n) is 19.8. The summed E-state index contributed by atoms with van der Waals surface area (Å²) < 4.78 is 14.7. The Morgan fingerprint density at radius 2 is 1.86 bits per heavy atom. The number of hydrogen-bond acceptors (Lipinski definition) is 5. The highest BCUT2D eigenvalue weighted by Gasteiger charge is 2.42. The molecule has 35 heavy (non-hydrogen) atoms. The van der Waals surface area contributed by atoms with E-state index in [-0.39, 0.29) is 17.5 Å². The number of aryl methyl sites for hydroxylation is 1. The Labute approximate surface area is 209 Å². The Hall–Kier alpha value is -3.10. The van der Waals surface area contributed by atoms with Crippen LogP contribution in [0.4, 0.5) is 15.9 Å². The van der Waals surface area contributed by atoms with E-state index in [1.807, 2.05) is 24.0 Å². The largest absolute Gasteiger partial charge is 0.385 e. The highest BCUT2D eigenvalue weighted by molar-refractivity contribution is 6.31. The zero-order chi connectivity index (χ0) is 24.5. The van der Waals surface area contributed by atoms with Gasteiger partial charge in [-0.3, -0.25) is 4.79 Å². The Morgan fingerprint density at radius 3 is 2.54 bits per heavy atom. The van der Waals surface area contributed by atoms with E-state index in [0.717, 1.165) is 62.0 Å². The van der Waals surface area contributed by atoms with Gasteiger partial charge in [-0.2, -0.15) is 5.10 Å². The van der Waals surface area contributed by atoms with Crippen molar-refractivity contribution in [3.05, 3.63) is 70.6 Å². The van der Waals surface area contributed by atoms with E-state index in [2.05, 4.69) is 21.4 Å². The SMILES string of the molecule is Cc1ccc(NCCCN2CC3CN(C(=O)c4cnn(-c5ccc(F)cc5)c4N)CC3C2)cc1Cl. The number of halogens is 2. The molecular weight excluding hydrogens is 467 g/mol. The van der Waals surface area contributed by atoms with E-state index in [4.69, 9.17) is 17.3 Å². The molecule has 0 radical (unpaired) electrons. The second-order valence-electron chi connectivity index (χ2n) is 9.57. The van der Waals surface area contributed by atoms with Gasteiger partial charge in [0.05, 0.1) is 11.9 Å². The predicted octanol–water partition coefficient (Wildman–Crippen LogP) is 4.06. The average Bonchev–Trinajstić information content (AvgIpc) is 3.52. The number of amides is 1. The molecule has 2 saturated heterocycles. The number of nitrogens with two attached hydrogens (primary N) is 1. The molecule has 2 aliphatic rings. The van der Waals surface area contributed by atoms with Crippen LogP contribution in [0, 0.1) is 24.6 Å². The third-order valence-corrected chi connectivity index (χ3v) is 7.52. The molecule has 3 N–H and O–H groups in total. The van der Waals surface area contributed by atoms with Crippen molar-refractivity contribution in [2.75, 3.05) is 50.3 Å². The van der Waals surface area contributed by atoms with Crippen LogP contribution in [0.3, 0.4) is 0 Å². The van der Waals surface area contributed by atoms with Crippen LogP contribution in [0.2, 0.25) is 5.02 Å². The molecule has 2 atom stereocenters. The number of aromatic nitrogens is 2. The first-order valence-corrected chi connectivity index (χ1v) is 12.4. The molecule has 2 unspecified atom stereocenters. The van der Waals surface area contributed by atoms with Crippen molar-refractivity contribution in [2.24, 2.45) is 11.8 Å². The molecule has 0 saturated carbocycles. The molecule has 9 heteroatoms. The van der Waals surface area contributed by atoms with Crippen molar-refractivity contribution in [1.82, 2.24) is 19.6 Å². The fourth-order valence-electron chi connectivity index (χ4n) is 5.16. The minimum Gasteiger partial charge on any atom is -0.385 e. The third kappa shape index (κ3) is 4.99. The van der Waals surface area contributed by atoms with E-state index in [9.17, 15) is 9.18 Å². The second kappa shape index (κ2) is 9.87. The molecular formula is C26H30ClFN6O. The lowest BCUT2D eigenvalue weighted by molar-refractivity contribution is 0.0775. The van der Waals surface area contributed by atoms with Crippen LogP contribution >= 0.6 is 11.6 Å². The van der Waals surface area contributed by atoms with Crippen LogP contribution in [0.5, 0.6) is 0 Å². The van der Waals surface area contributed by atoms with Gasteiger partial charge in [0.2, 0.25) is 0 Å². The molecule has 3 heterocycles. The summed E-state index contributed by atoms with van der Waals surface area (Å²) in [5.74, 6) is 0.827. The predicted molar refractivity (Wildman–Crippen MR) is 137 cm³/mol. The summed E-state index contributed by atoms with van der Waals surface area (Å²) >= 11 is 6.20. The average molecular weight is 497 g/mol. The third-order valence-electron chi connectivity index (χ3n) is 7.11. The van der Waals surface area contributed by atoms with E-state index < -0.39 is 0 Å². The fraction of sp³-hybridized carbons (Fsp3) is 0.385. The fourth-order valence-corrected chi connectivity index (χ4v) is 5.34. The van der Waals surface area contributed by atoms with Gasteiger partial charge in [-0.05, 0) is 73.7 Å². The minimum absolute atomic E-state index is 0.0854. The number of likely N-dealkylation sites (tertiary alicyclic amines) is 2. The monoisotopic (exact) mass is 496 g/mol. The molecule has 0 spiro atoms. The van der Waals surface area contributed by atoms with E-state index in [0.29, 0.717) is 23.1 Å². The van der Waals surface area contributed by atoms with Crippen molar-refractivity contribution in [2.45, 2.75) is 13.3 Å².